The minimum Gasteiger partial charge on any atom is -0.486 e. The van der Waals surface area contributed by atoms with E-state index in [1.807, 2.05) is 0 Å². The van der Waals surface area contributed by atoms with Gasteiger partial charge in [0.25, 0.3) is 5.91 Å². The molecule has 1 aliphatic heterocycles. The van der Waals surface area contributed by atoms with E-state index in [1.165, 1.54) is 0 Å². The number of rotatable bonds is 2. The second-order valence-corrected chi connectivity index (χ2v) is 7.19. The largest absolute Gasteiger partial charge is 0.486 e. The van der Waals surface area contributed by atoms with Gasteiger partial charge < -0.3 is 14.8 Å². The Labute approximate surface area is 151 Å². The minimum absolute atomic E-state index is 0.181. The standard InChI is InChI=1S/C19H20N4O3/c1-19(2,3)16-11-13(22-17-6-7-20-23(16)17)18(24)21-12-4-5-14-15(10-12)26-9-8-25-14/h4-7,10-11H,8-9H2,1-3H3,(H,21,24). The Kier molecular flexibility index (Phi) is 3.79. The molecule has 1 aromatic carbocycles. The van der Waals surface area contributed by atoms with Gasteiger partial charge in [-0.1, -0.05) is 20.8 Å². The monoisotopic (exact) mass is 352 g/mol. The lowest BCUT2D eigenvalue weighted by atomic mass is 9.91. The Balaban J connectivity index is 1.66. The lowest BCUT2D eigenvalue weighted by Gasteiger charge is -2.21. The lowest BCUT2D eigenvalue weighted by Crippen LogP contribution is -2.21. The molecule has 3 aromatic rings. The second kappa shape index (κ2) is 6.01. The minimum atomic E-state index is -0.282. The molecule has 0 spiro atoms. The number of amides is 1. The third kappa shape index (κ3) is 2.96. The molecule has 2 aromatic heterocycles. The molecule has 1 N–H and O–H groups in total. The zero-order chi connectivity index (χ0) is 18.3. The van der Waals surface area contributed by atoms with Crippen molar-refractivity contribution in [1.29, 1.82) is 0 Å². The number of carbonyl (C=O) groups is 1. The van der Waals surface area contributed by atoms with Crippen molar-refractivity contribution in [3.8, 4) is 11.5 Å². The van der Waals surface area contributed by atoms with Crippen LogP contribution in [0.4, 0.5) is 5.69 Å². The van der Waals surface area contributed by atoms with Crippen molar-refractivity contribution in [3.63, 3.8) is 0 Å². The molecule has 7 nitrogen and oxygen atoms in total. The predicted octanol–water partition coefficient (Wildman–Crippen LogP) is 3.05. The highest BCUT2D eigenvalue weighted by molar-refractivity contribution is 6.03. The number of hydrogen-bond acceptors (Lipinski definition) is 5. The predicted molar refractivity (Wildman–Crippen MR) is 97.1 cm³/mol. The number of aromatic nitrogens is 3. The third-order valence-electron chi connectivity index (χ3n) is 4.16. The summed E-state index contributed by atoms with van der Waals surface area (Å²) in [6.45, 7) is 7.26. The molecule has 0 bridgehead atoms. The Morgan fingerprint density at radius 3 is 2.65 bits per heavy atom. The fourth-order valence-corrected chi connectivity index (χ4v) is 2.88. The van der Waals surface area contributed by atoms with E-state index in [2.05, 4.69) is 36.2 Å². The van der Waals surface area contributed by atoms with Gasteiger partial charge in [-0.15, -0.1) is 0 Å². The number of benzene rings is 1. The van der Waals surface area contributed by atoms with Gasteiger partial charge in [0.05, 0.1) is 11.9 Å². The molecule has 7 heteroatoms. The van der Waals surface area contributed by atoms with E-state index < -0.39 is 0 Å². The highest BCUT2D eigenvalue weighted by Crippen LogP contribution is 2.32. The fraction of sp³-hybridized carbons (Fsp3) is 0.316. The summed E-state index contributed by atoms with van der Waals surface area (Å²) < 4.78 is 12.8. The number of carbonyl (C=O) groups excluding carboxylic acids is 1. The highest BCUT2D eigenvalue weighted by Gasteiger charge is 2.22. The number of ether oxygens (including phenoxy) is 2. The number of anilines is 1. The highest BCUT2D eigenvalue weighted by atomic mass is 16.6. The topological polar surface area (TPSA) is 77.8 Å². The van der Waals surface area contributed by atoms with Gasteiger partial charge in [0.15, 0.2) is 17.1 Å². The first-order valence-electron chi connectivity index (χ1n) is 8.48. The first-order valence-corrected chi connectivity index (χ1v) is 8.48. The smallest absolute Gasteiger partial charge is 0.274 e. The first kappa shape index (κ1) is 16.4. The van der Waals surface area contributed by atoms with Crippen molar-refractivity contribution in [2.45, 2.75) is 26.2 Å². The van der Waals surface area contributed by atoms with Crippen LogP contribution in [0.1, 0.15) is 37.0 Å². The van der Waals surface area contributed by atoms with Gasteiger partial charge in [0, 0.05) is 23.2 Å². The molecule has 0 saturated carbocycles. The molecule has 0 fully saturated rings. The summed E-state index contributed by atoms with van der Waals surface area (Å²) in [5, 5.41) is 7.19. The number of nitrogens with one attached hydrogen (secondary N) is 1. The zero-order valence-electron chi connectivity index (χ0n) is 14.9. The van der Waals surface area contributed by atoms with E-state index >= 15 is 0 Å². The maximum atomic E-state index is 12.8. The summed E-state index contributed by atoms with van der Waals surface area (Å²) in [7, 11) is 0. The van der Waals surface area contributed by atoms with Crippen molar-refractivity contribution in [2.24, 2.45) is 0 Å². The van der Waals surface area contributed by atoms with E-state index in [1.54, 1.807) is 41.0 Å². The third-order valence-corrected chi connectivity index (χ3v) is 4.16. The van der Waals surface area contributed by atoms with Crippen LogP contribution in [0.3, 0.4) is 0 Å². The van der Waals surface area contributed by atoms with Crippen LogP contribution >= 0.6 is 0 Å². The van der Waals surface area contributed by atoms with E-state index in [-0.39, 0.29) is 11.3 Å². The fourth-order valence-electron chi connectivity index (χ4n) is 2.88. The SMILES string of the molecule is CC(C)(C)c1cc(C(=O)Nc2ccc3c(c2)OCCO3)nc2ccnn12. The molecule has 0 saturated heterocycles. The van der Waals surface area contributed by atoms with Crippen LogP contribution in [0.5, 0.6) is 11.5 Å². The van der Waals surface area contributed by atoms with Crippen molar-refractivity contribution >= 4 is 17.2 Å². The average Bonchev–Trinajstić information content (AvgIpc) is 3.08. The Bertz CT molecular complexity index is 988. The van der Waals surface area contributed by atoms with Gasteiger partial charge in [-0.25, -0.2) is 9.50 Å². The van der Waals surface area contributed by atoms with E-state index in [9.17, 15) is 4.79 Å². The molecule has 134 valence electrons. The molecule has 0 aliphatic carbocycles. The van der Waals surface area contributed by atoms with Gasteiger partial charge in [-0.3, -0.25) is 4.79 Å². The number of hydrogen-bond donors (Lipinski definition) is 1. The van der Waals surface area contributed by atoms with Gasteiger partial charge in [0.2, 0.25) is 0 Å². The summed E-state index contributed by atoms with van der Waals surface area (Å²) in [4.78, 5) is 17.2. The number of nitrogens with zero attached hydrogens (tertiary/aromatic N) is 3. The lowest BCUT2D eigenvalue weighted by molar-refractivity contribution is 0.102. The van der Waals surface area contributed by atoms with Crippen molar-refractivity contribution < 1.29 is 14.3 Å². The van der Waals surface area contributed by atoms with Crippen LogP contribution in [0.25, 0.3) is 5.65 Å². The van der Waals surface area contributed by atoms with Gasteiger partial charge >= 0.3 is 0 Å². The zero-order valence-corrected chi connectivity index (χ0v) is 14.9. The van der Waals surface area contributed by atoms with Crippen LogP contribution in [-0.4, -0.2) is 33.7 Å². The maximum absolute atomic E-state index is 12.8. The van der Waals surface area contributed by atoms with Crippen LogP contribution in [-0.2, 0) is 5.41 Å². The normalized spacial score (nSPS) is 13.7. The summed E-state index contributed by atoms with van der Waals surface area (Å²) in [6, 6.07) is 8.91. The molecule has 1 amide bonds. The maximum Gasteiger partial charge on any atom is 0.274 e. The summed E-state index contributed by atoms with van der Waals surface area (Å²) in [5.41, 5.74) is 2.35. The molecule has 0 radical (unpaired) electrons. The van der Waals surface area contributed by atoms with Gasteiger partial charge in [-0.05, 0) is 18.2 Å². The van der Waals surface area contributed by atoms with Crippen molar-refractivity contribution in [3.05, 3.63) is 47.9 Å². The Morgan fingerprint density at radius 2 is 1.88 bits per heavy atom. The quantitative estimate of drug-likeness (QED) is 0.767. The van der Waals surface area contributed by atoms with Crippen LogP contribution in [0.2, 0.25) is 0 Å². The van der Waals surface area contributed by atoms with Gasteiger partial charge in [0.1, 0.15) is 18.9 Å². The molecule has 3 heterocycles. The first-order chi connectivity index (χ1) is 12.4. The van der Waals surface area contributed by atoms with E-state index in [0.29, 0.717) is 41.7 Å². The average molecular weight is 352 g/mol. The second-order valence-electron chi connectivity index (χ2n) is 7.19. The molecule has 4 rings (SSSR count). The summed E-state index contributed by atoms with van der Waals surface area (Å²) in [5.74, 6) is 1.03. The molecule has 1 aliphatic rings. The van der Waals surface area contributed by atoms with E-state index in [4.69, 9.17) is 9.47 Å². The summed E-state index contributed by atoms with van der Waals surface area (Å²) >= 11 is 0. The van der Waals surface area contributed by atoms with Crippen LogP contribution in [0, 0.1) is 0 Å². The Hall–Kier alpha value is -3.09. The van der Waals surface area contributed by atoms with Crippen molar-refractivity contribution in [1.82, 2.24) is 14.6 Å². The van der Waals surface area contributed by atoms with Crippen LogP contribution < -0.4 is 14.8 Å². The van der Waals surface area contributed by atoms with Gasteiger partial charge in [-0.2, -0.15) is 5.10 Å². The molecule has 26 heavy (non-hydrogen) atoms. The summed E-state index contributed by atoms with van der Waals surface area (Å²) in [6.07, 6.45) is 1.68. The van der Waals surface area contributed by atoms with Crippen LogP contribution in [0.15, 0.2) is 36.5 Å². The molecular formula is C19H20N4O3. The number of fused-ring (bicyclic) bond motifs is 2. The molecular weight excluding hydrogens is 332 g/mol. The Morgan fingerprint density at radius 1 is 1.12 bits per heavy atom. The molecule has 0 atom stereocenters. The van der Waals surface area contributed by atoms with E-state index in [0.717, 1.165) is 5.69 Å². The van der Waals surface area contributed by atoms with Crippen molar-refractivity contribution in [2.75, 3.05) is 18.5 Å². The molecule has 0 unspecified atom stereocenters.